The predicted molar refractivity (Wildman–Crippen MR) is 127 cm³/mol. The topological polar surface area (TPSA) is 97.2 Å². The van der Waals surface area contributed by atoms with Gasteiger partial charge in [-0.2, -0.15) is 0 Å². The molecular formula is C25H23N5O3. The van der Waals surface area contributed by atoms with Crippen LogP contribution in [0.2, 0.25) is 0 Å². The molecule has 0 saturated carbocycles. The number of para-hydroxylation sites is 1. The van der Waals surface area contributed by atoms with E-state index >= 15 is 0 Å². The minimum Gasteiger partial charge on any atom is -0.332 e. The van der Waals surface area contributed by atoms with E-state index in [-0.39, 0.29) is 23.9 Å². The van der Waals surface area contributed by atoms with Crippen LogP contribution in [0.1, 0.15) is 21.7 Å². The van der Waals surface area contributed by atoms with Gasteiger partial charge in [-0.25, -0.2) is 9.97 Å². The van der Waals surface area contributed by atoms with Crippen LogP contribution in [0.5, 0.6) is 0 Å². The fourth-order valence-electron chi connectivity index (χ4n) is 3.60. The number of aryl methyl sites for hydroxylation is 2. The number of aromatic nitrogens is 3. The van der Waals surface area contributed by atoms with Crippen molar-refractivity contribution in [1.29, 1.82) is 0 Å². The molecule has 1 N–H and O–H groups in total. The third kappa shape index (κ3) is 4.64. The van der Waals surface area contributed by atoms with E-state index in [1.54, 1.807) is 68.7 Å². The lowest BCUT2D eigenvalue weighted by Gasteiger charge is -2.17. The maximum absolute atomic E-state index is 13.0. The highest BCUT2D eigenvalue weighted by atomic mass is 16.2. The Hall–Kier alpha value is -4.33. The van der Waals surface area contributed by atoms with Crippen molar-refractivity contribution in [2.24, 2.45) is 0 Å². The number of amides is 2. The Balaban J connectivity index is 1.50. The monoisotopic (exact) mass is 441 g/mol. The van der Waals surface area contributed by atoms with E-state index in [2.05, 4.69) is 15.3 Å². The fraction of sp³-hybridized carbons (Fsp3) is 0.160. The van der Waals surface area contributed by atoms with Gasteiger partial charge in [0.25, 0.3) is 11.5 Å². The quantitative estimate of drug-likeness (QED) is 0.513. The zero-order valence-electron chi connectivity index (χ0n) is 18.6. The molecule has 2 amide bonds. The van der Waals surface area contributed by atoms with Crippen molar-refractivity contribution in [1.82, 2.24) is 19.4 Å². The number of carbonyl (C=O) groups is 2. The van der Waals surface area contributed by atoms with Crippen molar-refractivity contribution in [3.8, 4) is 5.69 Å². The molecule has 0 radical (unpaired) electrons. The van der Waals surface area contributed by atoms with E-state index in [1.165, 1.54) is 9.47 Å². The number of benzene rings is 2. The Morgan fingerprint density at radius 3 is 2.48 bits per heavy atom. The van der Waals surface area contributed by atoms with E-state index in [0.717, 1.165) is 5.56 Å². The average molecular weight is 441 g/mol. The Morgan fingerprint density at radius 1 is 1.03 bits per heavy atom. The lowest BCUT2D eigenvalue weighted by atomic mass is 10.1. The molecule has 4 aromatic rings. The summed E-state index contributed by atoms with van der Waals surface area (Å²) < 4.78 is 1.52. The normalized spacial score (nSPS) is 10.8. The smallest absolute Gasteiger partial charge is 0.265 e. The van der Waals surface area contributed by atoms with Gasteiger partial charge in [0.15, 0.2) is 0 Å². The van der Waals surface area contributed by atoms with Gasteiger partial charge >= 0.3 is 0 Å². The van der Waals surface area contributed by atoms with Gasteiger partial charge in [0.2, 0.25) is 5.91 Å². The van der Waals surface area contributed by atoms with Gasteiger partial charge in [0, 0.05) is 18.8 Å². The molecule has 0 aliphatic rings. The van der Waals surface area contributed by atoms with E-state index in [9.17, 15) is 14.4 Å². The van der Waals surface area contributed by atoms with Crippen molar-refractivity contribution < 1.29 is 9.59 Å². The Labute approximate surface area is 190 Å². The van der Waals surface area contributed by atoms with Crippen molar-refractivity contribution in [2.75, 3.05) is 18.9 Å². The maximum atomic E-state index is 13.0. The van der Waals surface area contributed by atoms with Crippen LogP contribution in [0.4, 0.5) is 5.82 Å². The largest absolute Gasteiger partial charge is 0.332 e. The van der Waals surface area contributed by atoms with Gasteiger partial charge in [0.1, 0.15) is 11.6 Å². The summed E-state index contributed by atoms with van der Waals surface area (Å²) in [5.74, 6) is 0.339. The van der Waals surface area contributed by atoms with Crippen molar-refractivity contribution >= 4 is 28.5 Å². The Morgan fingerprint density at radius 2 is 1.76 bits per heavy atom. The molecule has 0 spiro atoms. The molecule has 0 bridgehead atoms. The number of fused-ring (bicyclic) bond motifs is 1. The minimum absolute atomic E-state index is 0.122. The third-order valence-electron chi connectivity index (χ3n) is 5.23. The molecule has 2 heterocycles. The second-order valence-electron chi connectivity index (χ2n) is 7.79. The number of hydrogen-bond donors (Lipinski definition) is 1. The zero-order valence-corrected chi connectivity index (χ0v) is 18.6. The molecule has 2 aromatic carbocycles. The highest BCUT2D eigenvalue weighted by molar-refractivity contribution is 5.99. The van der Waals surface area contributed by atoms with Crippen LogP contribution in [-0.4, -0.2) is 44.8 Å². The Bertz CT molecular complexity index is 1410. The second kappa shape index (κ2) is 9.04. The first-order valence-electron chi connectivity index (χ1n) is 10.4. The number of rotatable bonds is 5. The number of likely N-dealkylation sites (N-methyl/N-ethyl adjacent to an activating group) is 1. The molecule has 0 aliphatic carbocycles. The standard InChI is InChI=1S/C25H23N5O3/c1-16-12-13-26-22(14-16)28-23(31)15-29(3)24(32)18-8-10-19(11-9-18)30-17(2)27-21-7-5-4-6-20(21)25(30)33/h4-14H,15H2,1-3H3,(H,26,28,31). The molecule has 8 heteroatoms. The van der Waals surface area contributed by atoms with Gasteiger partial charge in [-0.3, -0.25) is 19.0 Å². The predicted octanol–water partition coefficient (Wildman–Crippen LogP) is 3.11. The average Bonchev–Trinajstić information content (AvgIpc) is 2.79. The number of carbonyl (C=O) groups excluding carboxylic acids is 2. The summed E-state index contributed by atoms with van der Waals surface area (Å²) in [5.41, 5.74) is 2.46. The summed E-state index contributed by atoms with van der Waals surface area (Å²) in [7, 11) is 1.56. The maximum Gasteiger partial charge on any atom is 0.265 e. The molecule has 33 heavy (non-hydrogen) atoms. The van der Waals surface area contributed by atoms with Crippen LogP contribution in [0, 0.1) is 13.8 Å². The van der Waals surface area contributed by atoms with Crippen molar-refractivity contribution in [3.05, 3.63) is 94.2 Å². The molecule has 0 unspecified atom stereocenters. The lowest BCUT2D eigenvalue weighted by molar-refractivity contribution is -0.116. The molecular weight excluding hydrogens is 418 g/mol. The molecule has 0 fully saturated rings. The van der Waals surface area contributed by atoms with E-state index in [4.69, 9.17) is 0 Å². The SMILES string of the molecule is Cc1ccnc(NC(=O)CN(C)C(=O)c2ccc(-n3c(C)nc4ccccc4c3=O)cc2)c1. The summed E-state index contributed by atoms with van der Waals surface area (Å²) in [6, 6.07) is 17.4. The highest BCUT2D eigenvalue weighted by Gasteiger charge is 2.16. The number of nitrogens with one attached hydrogen (secondary N) is 1. The van der Waals surface area contributed by atoms with Crippen LogP contribution >= 0.6 is 0 Å². The summed E-state index contributed by atoms with van der Waals surface area (Å²) in [6.07, 6.45) is 1.61. The molecule has 166 valence electrons. The van der Waals surface area contributed by atoms with Crippen LogP contribution in [0.25, 0.3) is 16.6 Å². The van der Waals surface area contributed by atoms with Crippen molar-refractivity contribution in [2.45, 2.75) is 13.8 Å². The molecule has 4 rings (SSSR count). The fourth-order valence-corrected chi connectivity index (χ4v) is 3.60. The van der Waals surface area contributed by atoms with Gasteiger partial charge in [-0.1, -0.05) is 12.1 Å². The first-order chi connectivity index (χ1) is 15.8. The number of nitrogens with zero attached hydrogens (tertiary/aromatic N) is 4. The second-order valence-corrected chi connectivity index (χ2v) is 7.79. The highest BCUT2D eigenvalue weighted by Crippen LogP contribution is 2.14. The van der Waals surface area contributed by atoms with Gasteiger partial charge in [-0.05, 0) is 67.9 Å². The number of pyridine rings is 1. The summed E-state index contributed by atoms with van der Waals surface area (Å²) >= 11 is 0. The summed E-state index contributed by atoms with van der Waals surface area (Å²) in [4.78, 5) is 48.0. The van der Waals surface area contributed by atoms with Crippen LogP contribution in [-0.2, 0) is 4.79 Å². The van der Waals surface area contributed by atoms with Crippen LogP contribution in [0.3, 0.4) is 0 Å². The summed E-state index contributed by atoms with van der Waals surface area (Å²) in [6.45, 7) is 3.55. The van der Waals surface area contributed by atoms with Gasteiger partial charge in [-0.15, -0.1) is 0 Å². The minimum atomic E-state index is -0.343. The Kier molecular flexibility index (Phi) is 5.99. The van der Waals surface area contributed by atoms with E-state index < -0.39 is 0 Å². The molecule has 0 aliphatic heterocycles. The third-order valence-corrected chi connectivity index (χ3v) is 5.23. The molecule has 8 nitrogen and oxygen atoms in total. The van der Waals surface area contributed by atoms with E-state index in [0.29, 0.717) is 33.8 Å². The number of hydrogen-bond acceptors (Lipinski definition) is 5. The first-order valence-corrected chi connectivity index (χ1v) is 10.4. The first kappa shape index (κ1) is 21.9. The number of anilines is 1. The molecule has 2 aromatic heterocycles. The summed E-state index contributed by atoms with van der Waals surface area (Å²) in [5, 5.41) is 3.21. The lowest BCUT2D eigenvalue weighted by Crippen LogP contribution is -2.35. The van der Waals surface area contributed by atoms with E-state index in [1.807, 2.05) is 19.1 Å². The zero-order chi connectivity index (χ0) is 23.5. The van der Waals surface area contributed by atoms with Crippen molar-refractivity contribution in [3.63, 3.8) is 0 Å². The van der Waals surface area contributed by atoms with Crippen LogP contribution < -0.4 is 10.9 Å². The van der Waals surface area contributed by atoms with Gasteiger partial charge < -0.3 is 10.2 Å². The van der Waals surface area contributed by atoms with Gasteiger partial charge in [0.05, 0.1) is 23.1 Å². The molecule has 0 atom stereocenters. The van der Waals surface area contributed by atoms with Crippen LogP contribution in [0.15, 0.2) is 71.7 Å². The molecule has 0 saturated heterocycles.